The average Bonchev–Trinajstić information content (AvgIpc) is 2.39. The van der Waals surface area contributed by atoms with Gasteiger partial charge in [-0.3, -0.25) is 0 Å². The predicted molar refractivity (Wildman–Crippen MR) is 67.4 cm³/mol. The molecule has 0 aliphatic heterocycles. The molecule has 0 saturated carbocycles. The summed E-state index contributed by atoms with van der Waals surface area (Å²) in [5.41, 5.74) is 5.02. The number of halogens is 3. The lowest BCUT2D eigenvalue weighted by molar-refractivity contribution is -0.137. The van der Waals surface area contributed by atoms with E-state index in [9.17, 15) is 13.2 Å². The second-order valence-electron chi connectivity index (χ2n) is 4.14. The van der Waals surface area contributed by atoms with Crippen molar-refractivity contribution in [1.82, 2.24) is 9.97 Å². The molecule has 21 heavy (non-hydrogen) atoms. The molecule has 0 atom stereocenters. The van der Waals surface area contributed by atoms with E-state index in [0.717, 1.165) is 18.2 Å². The Labute approximate surface area is 117 Å². The highest BCUT2D eigenvalue weighted by atomic mass is 19.4. The summed E-state index contributed by atoms with van der Waals surface area (Å²) in [6.45, 7) is 1.63. The first-order valence-corrected chi connectivity index (χ1v) is 5.70. The number of hydrogen-bond donors (Lipinski definition) is 1. The van der Waals surface area contributed by atoms with Gasteiger partial charge in [-0.25, -0.2) is 4.98 Å². The molecule has 0 unspecified atom stereocenters. The Morgan fingerprint density at radius 3 is 2.52 bits per heavy atom. The van der Waals surface area contributed by atoms with Crippen LogP contribution in [0.3, 0.4) is 0 Å². The quantitative estimate of drug-likeness (QED) is 0.860. The second-order valence-corrected chi connectivity index (χ2v) is 4.14. The summed E-state index contributed by atoms with van der Waals surface area (Å²) in [6.07, 6.45) is -4.49. The molecule has 1 heterocycles. The monoisotopic (exact) mass is 294 g/mol. The van der Waals surface area contributed by atoms with E-state index >= 15 is 0 Å². The minimum atomic E-state index is -4.49. The van der Waals surface area contributed by atoms with Gasteiger partial charge in [0.2, 0.25) is 0 Å². The van der Waals surface area contributed by atoms with Crippen LogP contribution in [-0.2, 0) is 6.18 Å². The first-order valence-electron chi connectivity index (χ1n) is 5.70. The van der Waals surface area contributed by atoms with Crippen LogP contribution >= 0.6 is 0 Å². The van der Waals surface area contributed by atoms with Gasteiger partial charge in [0.1, 0.15) is 11.8 Å². The van der Waals surface area contributed by atoms with Gasteiger partial charge in [0.05, 0.1) is 11.3 Å². The average molecular weight is 294 g/mol. The molecule has 0 aliphatic rings. The molecule has 5 nitrogen and oxygen atoms in total. The molecular formula is C13H9F3N4O. The summed E-state index contributed by atoms with van der Waals surface area (Å²) in [5.74, 6) is -0.0162. The number of benzene rings is 1. The van der Waals surface area contributed by atoms with Crippen LogP contribution in [-0.4, -0.2) is 9.97 Å². The summed E-state index contributed by atoms with van der Waals surface area (Å²) < 4.78 is 42.8. The molecule has 1 aromatic carbocycles. The van der Waals surface area contributed by atoms with Crippen LogP contribution in [0, 0.1) is 18.3 Å². The van der Waals surface area contributed by atoms with Crippen molar-refractivity contribution >= 4 is 5.69 Å². The first-order chi connectivity index (χ1) is 9.79. The normalized spacial score (nSPS) is 11.0. The number of nitrogens with two attached hydrogens (primary N) is 1. The lowest BCUT2D eigenvalue weighted by atomic mass is 10.2. The lowest BCUT2D eigenvalue weighted by Gasteiger charge is -2.11. The second kappa shape index (κ2) is 5.28. The summed E-state index contributed by atoms with van der Waals surface area (Å²) in [5, 5.41) is 8.79. The Kier molecular flexibility index (Phi) is 3.67. The Morgan fingerprint density at radius 2 is 1.95 bits per heavy atom. The van der Waals surface area contributed by atoms with Gasteiger partial charge in [0.25, 0.3) is 0 Å². The number of alkyl halides is 3. The number of nitriles is 1. The van der Waals surface area contributed by atoms with E-state index < -0.39 is 11.7 Å². The third-order valence-electron chi connectivity index (χ3n) is 2.49. The zero-order chi connectivity index (χ0) is 15.6. The van der Waals surface area contributed by atoms with Gasteiger partial charge in [-0.15, -0.1) is 0 Å². The van der Waals surface area contributed by atoms with Crippen LogP contribution in [0.25, 0.3) is 0 Å². The van der Waals surface area contributed by atoms with Gasteiger partial charge in [0.15, 0.2) is 5.75 Å². The smallest absolute Gasteiger partial charge is 0.416 e. The number of nitrogen functional groups attached to an aromatic ring is 1. The Bertz CT molecular complexity index is 722. The number of hydrogen-bond acceptors (Lipinski definition) is 5. The summed E-state index contributed by atoms with van der Waals surface area (Å²) in [6, 6.07) is 5.80. The number of nitrogens with zero attached hydrogens (tertiary/aromatic N) is 3. The molecule has 8 heteroatoms. The molecule has 0 amide bonds. The van der Waals surface area contributed by atoms with E-state index in [1.165, 1.54) is 6.07 Å². The zero-order valence-electron chi connectivity index (χ0n) is 10.8. The van der Waals surface area contributed by atoms with Crippen LogP contribution in [0.1, 0.15) is 17.0 Å². The molecule has 0 radical (unpaired) electrons. The summed E-state index contributed by atoms with van der Waals surface area (Å²) >= 11 is 0. The Morgan fingerprint density at radius 1 is 1.24 bits per heavy atom. The van der Waals surface area contributed by atoms with Gasteiger partial charge in [-0.05, 0) is 31.2 Å². The molecule has 0 saturated heterocycles. The molecule has 2 N–H and O–H groups in total. The maximum absolute atomic E-state index is 12.5. The van der Waals surface area contributed by atoms with Crippen LogP contribution in [0.15, 0.2) is 24.3 Å². The fraction of sp³-hybridized carbons (Fsp3) is 0.154. The topological polar surface area (TPSA) is 84.8 Å². The largest absolute Gasteiger partial charge is 0.422 e. The highest BCUT2D eigenvalue weighted by Gasteiger charge is 2.31. The summed E-state index contributed by atoms with van der Waals surface area (Å²) in [4.78, 5) is 7.71. The fourth-order valence-corrected chi connectivity index (χ4v) is 1.56. The molecule has 108 valence electrons. The van der Waals surface area contributed by atoms with E-state index in [2.05, 4.69) is 9.97 Å². The molecule has 1 aromatic heterocycles. The van der Waals surface area contributed by atoms with Crippen molar-refractivity contribution in [3.05, 3.63) is 41.2 Å². The highest BCUT2D eigenvalue weighted by molar-refractivity contribution is 5.55. The lowest BCUT2D eigenvalue weighted by Crippen LogP contribution is -2.06. The third kappa shape index (κ3) is 3.39. The van der Waals surface area contributed by atoms with Crippen LogP contribution in [0.5, 0.6) is 11.8 Å². The molecule has 0 aliphatic carbocycles. The van der Waals surface area contributed by atoms with Gasteiger partial charge < -0.3 is 10.5 Å². The fourth-order valence-electron chi connectivity index (χ4n) is 1.56. The molecule has 0 spiro atoms. The van der Waals surface area contributed by atoms with Gasteiger partial charge in [0, 0.05) is 5.69 Å². The van der Waals surface area contributed by atoms with Gasteiger partial charge in [-0.1, -0.05) is 0 Å². The SMILES string of the molecule is Cc1cc(C#N)nc(Oc2ccc(C(F)(F)F)cc2N)n1. The number of aryl methyl sites for hydroxylation is 1. The van der Waals surface area contributed by atoms with Crippen LogP contribution in [0.4, 0.5) is 18.9 Å². The highest BCUT2D eigenvalue weighted by Crippen LogP contribution is 2.34. The van der Waals surface area contributed by atoms with Crippen molar-refractivity contribution in [2.75, 3.05) is 5.73 Å². The maximum atomic E-state index is 12.5. The zero-order valence-corrected chi connectivity index (χ0v) is 10.8. The molecule has 2 aromatic rings. The van der Waals surface area contributed by atoms with Crippen molar-refractivity contribution < 1.29 is 17.9 Å². The third-order valence-corrected chi connectivity index (χ3v) is 2.49. The van der Waals surface area contributed by atoms with E-state index in [1.54, 1.807) is 6.92 Å². The minimum Gasteiger partial charge on any atom is -0.422 e. The first kappa shape index (κ1) is 14.6. The van der Waals surface area contributed by atoms with Crippen molar-refractivity contribution in [2.45, 2.75) is 13.1 Å². The Balaban J connectivity index is 2.33. The van der Waals surface area contributed by atoms with Crippen molar-refractivity contribution in [3.63, 3.8) is 0 Å². The molecule has 0 bridgehead atoms. The van der Waals surface area contributed by atoms with Gasteiger partial charge >= 0.3 is 12.2 Å². The van der Waals surface area contributed by atoms with Gasteiger partial charge in [-0.2, -0.15) is 23.4 Å². The van der Waals surface area contributed by atoms with Crippen LogP contribution in [0.2, 0.25) is 0 Å². The molecule has 0 fully saturated rings. The number of rotatable bonds is 2. The number of ether oxygens (including phenoxy) is 1. The van der Waals surface area contributed by atoms with Crippen LogP contribution < -0.4 is 10.5 Å². The number of anilines is 1. The Hall–Kier alpha value is -2.82. The van der Waals surface area contributed by atoms with E-state index in [4.69, 9.17) is 15.7 Å². The maximum Gasteiger partial charge on any atom is 0.416 e. The predicted octanol–water partition coefficient (Wildman–Crippen LogP) is 3.05. The van der Waals surface area contributed by atoms with E-state index in [1.807, 2.05) is 6.07 Å². The van der Waals surface area contributed by atoms with Crippen molar-refractivity contribution in [3.8, 4) is 17.8 Å². The van der Waals surface area contributed by atoms with Crippen molar-refractivity contribution in [2.24, 2.45) is 0 Å². The van der Waals surface area contributed by atoms with Crippen molar-refractivity contribution in [1.29, 1.82) is 5.26 Å². The minimum absolute atomic E-state index is 0.0162. The molecule has 2 rings (SSSR count). The standard InChI is InChI=1S/C13H9F3N4O/c1-7-4-9(6-17)20-12(19-7)21-11-3-2-8(5-10(11)18)13(14,15)16/h2-5H,18H2,1H3. The molecular weight excluding hydrogens is 285 g/mol. The number of aromatic nitrogens is 2. The van der Waals surface area contributed by atoms with E-state index in [0.29, 0.717) is 5.69 Å². The van der Waals surface area contributed by atoms with E-state index in [-0.39, 0.29) is 23.1 Å². The summed E-state index contributed by atoms with van der Waals surface area (Å²) in [7, 11) is 0.